The summed E-state index contributed by atoms with van der Waals surface area (Å²) in [7, 11) is 0. The molecule has 0 radical (unpaired) electrons. The lowest BCUT2D eigenvalue weighted by atomic mass is 10.1. The van der Waals surface area contributed by atoms with Crippen LogP contribution in [0.3, 0.4) is 0 Å². The first-order chi connectivity index (χ1) is 15.3. The number of nitrogens with zero attached hydrogens (tertiary/aromatic N) is 1. The fourth-order valence-corrected chi connectivity index (χ4v) is 4.43. The van der Waals surface area contributed by atoms with Crippen molar-refractivity contribution < 1.29 is 18.0 Å². The van der Waals surface area contributed by atoms with E-state index in [1.54, 1.807) is 0 Å². The molecule has 1 amide bonds. The second kappa shape index (κ2) is 9.12. The zero-order chi connectivity index (χ0) is 22.7. The third-order valence-electron chi connectivity index (χ3n) is 5.19. The van der Waals surface area contributed by atoms with Crippen molar-refractivity contribution in [1.29, 1.82) is 0 Å². The summed E-state index contributed by atoms with van der Waals surface area (Å²) in [5.41, 5.74) is 2.83. The molecule has 3 aromatic carbocycles. The van der Waals surface area contributed by atoms with Gasteiger partial charge in [0.1, 0.15) is 0 Å². The van der Waals surface area contributed by atoms with Gasteiger partial charge >= 0.3 is 6.18 Å². The largest absolute Gasteiger partial charge is 0.416 e. The summed E-state index contributed by atoms with van der Waals surface area (Å²) in [6.45, 7) is 2.79. The van der Waals surface area contributed by atoms with E-state index in [0.717, 1.165) is 27.9 Å². The number of benzene rings is 3. The van der Waals surface area contributed by atoms with E-state index >= 15 is 0 Å². The van der Waals surface area contributed by atoms with E-state index in [9.17, 15) is 18.0 Å². The Kier molecular flexibility index (Phi) is 6.28. The minimum absolute atomic E-state index is 0.0919. The van der Waals surface area contributed by atoms with Crippen LogP contribution >= 0.6 is 11.8 Å². The molecule has 0 atom stereocenters. The van der Waals surface area contributed by atoms with Gasteiger partial charge in [-0.25, -0.2) is 0 Å². The Balaban J connectivity index is 1.49. The molecule has 0 fully saturated rings. The fraction of sp³-hybridized carbons (Fsp3) is 0.160. The van der Waals surface area contributed by atoms with E-state index in [2.05, 4.69) is 28.9 Å². The van der Waals surface area contributed by atoms with Crippen molar-refractivity contribution in [2.24, 2.45) is 0 Å². The molecular formula is C25H21F3N2OS. The first kappa shape index (κ1) is 22.0. The number of halogens is 3. The molecule has 1 N–H and O–H groups in total. The topological polar surface area (TPSA) is 34.0 Å². The Bertz CT molecular complexity index is 1260. The van der Waals surface area contributed by atoms with Crippen LogP contribution in [0, 0.1) is 6.92 Å². The van der Waals surface area contributed by atoms with Gasteiger partial charge in [-0.05, 0) is 42.3 Å². The van der Waals surface area contributed by atoms with Crippen LogP contribution in [-0.4, -0.2) is 16.2 Å². The number of aromatic nitrogens is 1. The monoisotopic (exact) mass is 454 g/mol. The highest BCUT2D eigenvalue weighted by Gasteiger charge is 2.30. The maximum Gasteiger partial charge on any atom is 0.416 e. The molecule has 0 aliphatic heterocycles. The predicted octanol–water partition coefficient (Wildman–Crippen LogP) is 6.75. The number of para-hydroxylation sites is 1. The Morgan fingerprint density at radius 1 is 1.00 bits per heavy atom. The molecular weight excluding hydrogens is 433 g/mol. The molecule has 0 spiro atoms. The van der Waals surface area contributed by atoms with Gasteiger partial charge in [0.15, 0.2) is 0 Å². The molecule has 1 aromatic heterocycles. The number of carbonyl (C=O) groups excluding carboxylic acids is 1. The minimum atomic E-state index is -4.45. The molecule has 0 unspecified atom stereocenters. The van der Waals surface area contributed by atoms with Crippen molar-refractivity contribution in [3.63, 3.8) is 0 Å². The van der Waals surface area contributed by atoms with Crippen molar-refractivity contribution in [2.75, 3.05) is 11.1 Å². The predicted molar refractivity (Wildman–Crippen MR) is 123 cm³/mol. The zero-order valence-corrected chi connectivity index (χ0v) is 18.1. The number of amides is 1. The van der Waals surface area contributed by atoms with Gasteiger partial charge in [0.2, 0.25) is 5.91 Å². The van der Waals surface area contributed by atoms with Gasteiger partial charge in [-0.3, -0.25) is 4.79 Å². The standard InChI is InChI=1S/C25H21F3N2OS/c1-17-7-2-3-8-18(17)14-30-15-23(21-11-4-5-12-22(21)30)32-16-24(31)29-20-10-6-9-19(13-20)25(26,27)28/h2-13,15H,14,16H2,1H3,(H,29,31). The lowest BCUT2D eigenvalue weighted by molar-refractivity contribution is -0.137. The Morgan fingerprint density at radius 3 is 2.53 bits per heavy atom. The number of carbonyl (C=O) groups is 1. The lowest BCUT2D eigenvalue weighted by Crippen LogP contribution is -2.15. The summed E-state index contributed by atoms with van der Waals surface area (Å²) >= 11 is 1.37. The van der Waals surface area contributed by atoms with Gasteiger partial charge in [0.25, 0.3) is 0 Å². The summed E-state index contributed by atoms with van der Waals surface area (Å²) in [5.74, 6) is -0.265. The average molecular weight is 455 g/mol. The number of anilines is 1. The first-order valence-corrected chi connectivity index (χ1v) is 11.0. The highest BCUT2D eigenvalue weighted by atomic mass is 32.2. The summed E-state index contributed by atoms with van der Waals surface area (Å²) in [6.07, 6.45) is -2.42. The summed E-state index contributed by atoms with van der Waals surface area (Å²) < 4.78 is 40.8. The van der Waals surface area contributed by atoms with E-state index < -0.39 is 11.7 Å². The molecule has 164 valence electrons. The van der Waals surface area contributed by atoms with Gasteiger partial charge in [-0.2, -0.15) is 13.2 Å². The minimum Gasteiger partial charge on any atom is -0.342 e. The van der Waals surface area contributed by atoms with Crippen LogP contribution < -0.4 is 5.32 Å². The molecule has 3 nitrogen and oxygen atoms in total. The van der Waals surface area contributed by atoms with Crippen molar-refractivity contribution >= 4 is 34.3 Å². The van der Waals surface area contributed by atoms with Crippen LogP contribution in [0.2, 0.25) is 0 Å². The number of rotatable bonds is 6. The highest BCUT2D eigenvalue weighted by Crippen LogP contribution is 2.32. The summed E-state index contributed by atoms with van der Waals surface area (Å²) in [5, 5.41) is 3.60. The fourth-order valence-electron chi connectivity index (χ4n) is 3.54. The first-order valence-electron chi connectivity index (χ1n) is 10.0. The van der Waals surface area contributed by atoms with Crippen LogP contribution in [0.4, 0.5) is 18.9 Å². The SMILES string of the molecule is Cc1ccccc1Cn1cc(SCC(=O)Nc2cccc(C(F)(F)F)c2)c2ccccc21. The number of hydrogen-bond donors (Lipinski definition) is 1. The van der Waals surface area contributed by atoms with Gasteiger partial charge in [-0.1, -0.05) is 48.5 Å². The Labute approximate surface area is 188 Å². The molecule has 4 rings (SSSR count). The van der Waals surface area contributed by atoms with Gasteiger partial charge in [-0.15, -0.1) is 11.8 Å². The van der Waals surface area contributed by atoms with Crippen molar-refractivity contribution in [2.45, 2.75) is 24.5 Å². The van der Waals surface area contributed by atoms with Gasteiger partial charge in [0, 0.05) is 34.2 Å². The Hall–Kier alpha value is -3.19. The van der Waals surface area contributed by atoms with Crippen LogP contribution in [0.25, 0.3) is 10.9 Å². The number of alkyl halides is 3. The summed E-state index contributed by atoms with van der Waals surface area (Å²) in [6, 6.07) is 20.8. The van der Waals surface area contributed by atoms with E-state index in [-0.39, 0.29) is 17.3 Å². The molecule has 7 heteroatoms. The molecule has 1 heterocycles. The van der Waals surface area contributed by atoms with Crippen LogP contribution in [0.15, 0.2) is 83.9 Å². The molecule has 4 aromatic rings. The van der Waals surface area contributed by atoms with E-state index in [4.69, 9.17) is 0 Å². The van der Waals surface area contributed by atoms with E-state index in [1.807, 2.05) is 42.6 Å². The van der Waals surface area contributed by atoms with Gasteiger partial charge < -0.3 is 9.88 Å². The maximum absolute atomic E-state index is 12.9. The van der Waals surface area contributed by atoms with Crippen LogP contribution in [0.5, 0.6) is 0 Å². The van der Waals surface area contributed by atoms with Crippen molar-refractivity contribution in [3.05, 3.63) is 95.7 Å². The number of thioether (sulfide) groups is 1. The molecule has 0 saturated heterocycles. The number of fused-ring (bicyclic) bond motifs is 1. The van der Waals surface area contributed by atoms with Crippen LogP contribution in [0.1, 0.15) is 16.7 Å². The second-order valence-corrected chi connectivity index (χ2v) is 8.50. The lowest BCUT2D eigenvalue weighted by Gasteiger charge is -2.09. The third kappa shape index (κ3) is 4.99. The van der Waals surface area contributed by atoms with E-state index in [1.165, 1.54) is 35.0 Å². The van der Waals surface area contributed by atoms with Crippen molar-refractivity contribution in [1.82, 2.24) is 4.57 Å². The molecule has 0 aliphatic rings. The average Bonchev–Trinajstić information content (AvgIpc) is 3.11. The smallest absolute Gasteiger partial charge is 0.342 e. The number of nitrogens with one attached hydrogen (secondary N) is 1. The summed E-state index contributed by atoms with van der Waals surface area (Å²) in [4.78, 5) is 13.4. The Morgan fingerprint density at radius 2 is 1.75 bits per heavy atom. The number of aryl methyl sites for hydroxylation is 1. The second-order valence-electron chi connectivity index (χ2n) is 7.48. The zero-order valence-electron chi connectivity index (χ0n) is 17.3. The number of hydrogen-bond acceptors (Lipinski definition) is 2. The molecule has 32 heavy (non-hydrogen) atoms. The van der Waals surface area contributed by atoms with Crippen molar-refractivity contribution in [3.8, 4) is 0 Å². The molecule has 0 saturated carbocycles. The molecule has 0 aliphatic carbocycles. The van der Waals surface area contributed by atoms with Crippen LogP contribution in [-0.2, 0) is 17.5 Å². The van der Waals surface area contributed by atoms with Gasteiger partial charge in [0.05, 0.1) is 11.3 Å². The molecule has 0 bridgehead atoms. The quantitative estimate of drug-likeness (QED) is 0.327. The van der Waals surface area contributed by atoms with E-state index in [0.29, 0.717) is 6.54 Å². The third-order valence-corrected chi connectivity index (χ3v) is 6.23. The maximum atomic E-state index is 12.9. The normalized spacial score (nSPS) is 11.6. The highest BCUT2D eigenvalue weighted by molar-refractivity contribution is 8.00.